The average molecular weight is 218 g/mol. The molecule has 2 unspecified atom stereocenters. The van der Waals surface area contributed by atoms with Crippen LogP contribution in [0.25, 0.3) is 0 Å². The van der Waals surface area contributed by atoms with E-state index in [0.717, 1.165) is 26.0 Å². The van der Waals surface area contributed by atoms with Crippen molar-refractivity contribution in [2.45, 2.75) is 45.4 Å². The van der Waals surface area contributed by atoms with Crippen LogP contribution in [0.15, 0.2) is 0 Å². The third-order valence-corrected chi connectivity index (χ3v) is 2.09. The second-order valence-electron chi connectivity index (χ2n) is 3.19. The Morgan fingerprint density at radius 1 is 1.67 bits per heavy atom. The SMILES string of the molecule is CC.NC(CCCC1NCCO1)C(=O)O. The number of ether oxygens (including phenoxy) is 1. The summed E-state index contributed by atoms with van der Waals surface area (Å²) < 4.78 is 5.30. The molecule has 1 heterocycles. The third kappa shape index (κ3) is 6.43. The molecule has 0 amide bonds. The van der Waals surface area contributed by atoms with Gasteiger partial charge in [-0.15, -0.1) is 0 Å². The van der Waals surface area contributed by atoms with Crippen molar-refractivity contribution in [2.75, 3.05) is 13.2 Å². The van der Waals surface area contributed by atoms with Crippen molar-refractivity contribution in [3.8, 4) is 0 Å². The summed E-state index contributed by atoms with van der Waals surface area (Å²) in [7, 11) is 0. The van der Waals surface area contributed by atoms with E-state index in [2.05, 4.69) is 5.32 Å². The van der Waals surface area contributed by atoms with Gasteiger partial charge in [-0.25, -0.2) is 0 Å². The number of rotatable bonds is 5. The lowest BCUT2D eigenvalue weighted by atomic mass is 10.1. The highest BCUT2D eigenvalue weighted by Gasteiger charge is 2.16. The van der Waals surface area contributed by atoms with Crippen molar-refractivity contribution >= 4 is 5.97 Å². The lowest BCUT2D eigenvalue weighted by Gasteiger charge is -2.10. The molecular weight excluding hydrogens is 196 g/mol. The van der Waals surface area contributed by atoms with Crippen molar-refractivity contribution in [3.63, 3.8) is 0 Å². The minimum atomic E-state index is -0.930. The Bertz CT molecular complexity index is 170. The van der Waals surface area contributed by atoms with E-state index in [1.165, 1.54) is 0 Å². The Labute approximate surface area is 91.0 Å². The smallest absolute Gasteiger partial charge is 0.320 e. The van der Waals surface area contributed by atoms with Crippen molar-refractivity contribution in [3.05, 3.63) is 0 Å². The van der Waals surface area contributed by atoms with Gasteiger partial charge >= 0.3 is 5.97 Å². The largest absolute Gasteiger partial charge is 0.480 e. The molecule has 1 aliphatic heterocycles. The fourth-order valence-corrected chi connectivity index (χ4v) is 1.31. The molecule has 4 N–H and O–H groups in total. The molecular formula is C10H22N2O3. The second-order valence-corrected chi connectivity index (χ2v) is 3.19. The van der Waals surface area contributed by atoms with Crippen LogP contribution in [0.3, 0.4) is 0 Å². The topological polar surface area (TPSA) is 84.6 Å². The van der Waals surface area contributed by atoms with Crippen LogP contribution < -0.4 is 11.1 Å². The van der Waals surface area contributed by atoms with Crippen LogP contribution in [0, 0.1) is 0 Å². The lowest BCUT2D eigenvalue weighted by Crippen LogP contribution is -2.30. The Morgan fingerprint density at radius 3 is 2.80 bits per heavy atom. The Kier molecular flexibility index (Phi) is 8.27. The summed E-state index contributed by atoms with van der Waals surface area (Å²) in [5, 5.41) is 11.7. The first kappa shape index (κ1) is 14.3. The quantitative estimate of drug-likeness (QED) is 0.627. The highest BCUT2D eigenvalue weighted by Crippen LogP contribution is 2.07. The Morgan fingerprint density at radius 2 is 2.33 bits per heavy atom. The maximum Gasteiger partial charge on any atom is 0.320 e. The summed E-state index contributed by atoms with van der Waals surface area (Å²) in [5.74, 6) is -0.930. The monoisotopic (exact) mass is 218 g/mol. The molecule has 1 saturated heterocycles. The number of carboxylic acids is 1. The molecule has 0 saturated carbocycles. The van der Waals surface area contributed by atoms with Crippen molar-refractivity contribution in [1.82, 2.24) is 5.32 Å². The number of hydrogen-bond donors (Lipinski definition) is 3. The second kappa shape index (κ2) is 8.64. The van der Waals surface area contributed by atoms with E-state index in [0.29, 0.717) is 6.42 Å². The highest BCUT2D eigenvalue weighted by atomic mass is 16.5. The Hall–Kier alpha value is -0.650. The zero-order chi connectivity index (χ0) is 11.7. The first-order valence-electron chi connectivity index (χ1n) is 5.53. The first-order valence-corrected chi connectivity index (χ1v) is 5.53. The van der Waals surface area contributed by atoms with E-state index < -0.39 is 12.0 Å². The normalized spacial score (nSPS) is 21.7. The molecule has 15 heavy (non-hydrogen) atoms. The van der Waals surface area contributed by atoms with Crippen LogP contribution in [-0.2, 0) is 9.53 Å². The van der Waals surface area contributed by atoms with Gasteiger partial charge < -0.3 is 15.6 Å². The predicted molar refractivity (Wildman–Crippen MR) is 58.6 cm³/mol. The molecule has 0 radical (unpaired) electrons. The van der Waals surface area contributed by atoms with Gasteiger partial charge in [-0.05, 0) is 19.3 Å². The molecule has 0 bridgehead atoms. The van der Waals surface area contributed by atoms with E-state index >= 15 is 0 Å². The molecule has 90 valence electrons. The van der Waals surface area contributed by atoms with Crippen LogP contribution in [0.2, 0.25) is 0 Å². The lowest BCUT2D eigenvalue weighted by molar-refractivity contribution is -0.138. The maximum atomic E-state index is 10.4. The molecule has 0 spiro atoms. The van der Waals surface area contributed by atoms with E-state index in [1.807, 2.05) is 13.8 Å². The first-order chi connectivity index (χ1) is 7.20. The van der Waals surface area contributed by atoms with E-state index in [4.69, 9.17) is 15.6 Å². The summed E-state index contributed by atoms with van der Waals surface area (Å²) in [6, 6.07) is -0.735. The van der Waals surface area contributed by atoms with Gasteiger partial charge in [0.1, 0.15) is 12.3 Å². The highest BCUT2D eigenvalue weighted by molar-refractivity contribution is 5.72. The Balaban J connectivity index is 0.000000921. The van der Waals surface area contributed by atoms with E-state index in [1.54, 1.807) is 0 Å². The fourth-order valence-electron chi connectivity index (χ4n) is 1.31. The minimum Gasteiger partial charge on any atom is -0.480 e. The molecule has 5 nitrogen and oxygen atoms in total. The van der Waals surface area contributed by atoms with Gasteiger partial charge in [0, 0.05) is 6.54 Å². The summed E-state index contributed by atoms with van der Waals surface area (Å²) in [6.07, 6.45) is 2.23. The molecule has 5 heteroatoms. The molecule has 0 aromatic rings. The molecule has 1 aliphatic rings. The van der Waals surface area contributed by atoms with Crippen LogP contribution in [0.5, 0.6) is 0 Å². The van der Waals surface area contributed by atoms with Crippen molar-refractivity contribution in [1.29, 1.82) is 0 Å². The van der Waals surface area contributed by atoms with Gasteiger partial charge in [-0.3, -0.25) is 10.1 Å². The van der Waals surface area contributed by atoms with E-state index in [9.17, 15) is 4.79 Å². The average Bonchev–Trinajstić information content (AvgIpc) is 2.73. The van der Waals surface area contributed by atoms with Gasteiger partial charge in [-0.1, -0.05) is 13.8 Å². The van der Waals surface area contributed by atoms with Gasteiger partial charge in [0.2, 0.25) is 0 Å². The number of nitrogens with one attached hydrogen (secondary N) is 1. The molecule has 1 rings (SSSR count). The maximum absolute atomic E-state index is 10.4. The summed E-state index contributed by atoms with van der Waals surface area (Å²) in [4.78, 5) is 10.4. The molecule has 2 atom stereocenters. The van der Waals surface area contributed by atoms with Gasteiger partial charge in [0.15, 0.2) is 0 Å². The fraction of sp³-hybridized carbons (Fsp3) is 0.900. The van der Waals surface area contributed by atoms with Gasteiger partial charge in [0.05, 0.1) is 6.61 Å². The standard InChI is InChI=1S/C8H16N2O3.C2H6/c9-6(8(11)12)2-1-3-7-10-4-5-13-7;1-2/h6-7,10H,1-5,9H2,(H,11,12);1-2H3. The number of carbonyl (C=O) groups is 1. The predicted octanol–water partition coefficient (Wildman–Crippen LogP) is 0.541. The van der Waals surface area contributed by atoms with Crippen molar-refractivity contribution < 1.29 is 14.6 Å². The summed E-state index contributed by atoms with van der Waals surface area (Å²) in [6.45, 7) is 5.63. The molecule has 0 aromatic heterocycles. The third-order valence-electron chi connectivity index (χ3n) is 2.09. The zero-order valence-electron chi connectivity index (χ0n) is 9.53. The van der Waals surface area contributed by atoms with Crippen LogP contribution >= 0.6 is 0 Å². The van der Waals surface area contributed by atoms with Crippen LogP contribution in [0.1, 0.15) is 33.1 Å². The number of nitrogens with two attached hydrogens (primary N) is 1. The summed E-state index contributed by atoms with van der Waals surface area (Å²) in [5.41, 5.74) is 5.34. The summed E-state index contributed by atoms with van der Waals surface area (Å²) >= 11 is 0. The van der Waals surface area contributed by atoms with Gasteiger partial charge in [-0.2, -0.15) is 0 Å². The molecule has 1 fully saturated rings. The van der Waals surface area contributed by atoms with Crippen LogP contribution in [0.4, 0.5) is 0 Å². The number of aliphatic carboxylic acids is 1. The number of hydrogen-bond acceptors (Lipinski definition) is 4. The molecule has 0 aliphatic carbocycles. The van der Waals surface area contributed by atoms with E-state index in [-0.39, 0.29) is 6.23 Å². The van der Waals surface area contributed by atoms with Gasteiger partial charge in [0.25, 0.3) is 0 Å². The minimum absolute atomic E-state index is 0.0981. The molecule has 0 aromatic carbocycles. The van der Waals surface area contributed by atoms with Crippen LogP contribution in [-0.4, -0.2) is 36.5 Å². The zero-order valence-corrected chi connectivity index (χ0v) is 9.53. The van der Waals surface area contributed by atoms with Crippen molar-refractivity contribution in [2.24, 2.45) is 5.73 Å². The number of carboxylic acid groups (broad SMARTS) is 1.